The number of amides is 2. The first kappa shape index (κ1) is 15.9. The second-order valence-electron chi connectivity index (χ2n) is 5.06. The van der Waals surface area contributed by atoms with Gasteiger partial charge < -0.3 is 15.0 Å². The topological polar surface area (TPSA) is 58.6 Å². The van der Waals surface area contributed by atoms with Crippen LogP contribution in [0.1, 0.15) is 23.2 Å². The minimum atomic E-state index is -2.02. The van der Waals surface area contributed by atoms with Crippen molar-refractivity contribution in [3.8, 4) is 0 Å². The molecule has 0 aliphatic carbocycles. The zero-order valence-electron chi connectivity index (χ0n) is 11.9. The quantitative estimate of drug-likeness (QED) is 0.837. The van der Waals surface area contributed by atoms with Gasteiger partial charge >= 0.3 is 0 Å². The van der Waals surface area contributed by atoms with Gasteiger partial charge in [0.15, 0.2) is 0 Å². The molecule has 5 nitrogen and oxygen atoms in total. The lowest BCUT2D eigenvalue weighted by Gasteiger charge is -2.36. The molecule has 7 heteroatoms. The second kappa shape index (κ2) is 7.00. The third-order valence-electron chi connectivity index (χ3n) is 3.50. The van der Waals surface area contributed by atoms with E-state index in [-0.39, 0.29) is 25.4 Å². The van der Waals surface area contributed by atoms with Gasteiger partial charge in [-0.1, -0.05) is 0 Å². The van der Waals surface area contributed by atoms with Crippen molar-refractivity contribution >= 4 is 23.2 Å². The fourth-order valence-corrected chi connectivity index (χ4v) is 2.99. The molecule has 0 aromatic carbocycles. The van der Waals surface area contributed by atoms with Crippen LogP contribution in [0.15, 0.2) is 16.8 Å². The van der Waals surface area contributed by atoms with E-state index < -0.39 is 11.6 Å². The van der Waals surface area contributed by atoms with Gasteiger partial charge in [-0.3, -0.25) is 9.59 Å². The highest BCUT2D eigenvalue weighted by Crippen LogP contribution is 2.27. The van der Waals surface area contributed by atoms with Gasteiger partial charge in [-0.2, -0.15) is 11.3 Å². The molecule has 1 fully saturated rings. The summed E-state index contributed by atoms with van der Waals surface area (Å²) in [6.45, 7) is 0.880. The molecule has 1 atom stereocenters. The van der Waals surface area contributed by atoms with E-state index in [4.69, 9.17) is 4.74 Å². The molecule has 1 N–H and O–H groups in total. The van der Waals surface area contributed by atoms with E-state index in [9.17, 15) is 14.0 Å². The lowest BCUT2D eigenvalue weighted by Crippen LogP contribution is -2.56. The smallest absolute Gasteiger partial charge is 0.259 e. The summed E-state index contributed by atoms with van der Waals surface area (Å²) in [7, 11) is 1.51. The molecule has 0 saturated carbocycles. The number of rotatable bonds is 5. The molecule has 1 unspecified atom stereocenters. The Morgan fingerprint density at radius 3 is 3.05 bits per heavy atom. The summed E-state index contributed by atoms with van der Waals surface area (Å²) in [6, 6.07) is 1.71. The number of nitrogens with zero attached hydrogens (tertiary/aromatic N) is 1. The van der Waals surface area contributed by atoms with Gasteiger partial charge in [-0.15, -0.1) is 0 Å². The minimum absolute atomic E-state index is 0.138. The van der Waals surface area contributed by atoms with Crippen LogP contribution in [0.4, 0.5) is 4.39 Å². The number of thiophene rings is 1. The van der Waals surface area contributed by atoms with Crippen molar-refractivity contribution in [3.63, 3.8) is 0 Å². The summed E-state index contributed by atoms with van der Waals surface area (Å²) in [4.78, 5) is 25.6. The van der Waals surface area contributed by atoms with E-state index in [0.717, 1.165) is 0 Å². The summed E-state index contributed by atoms with van der Waals surface area (Å²) < 4.78 is 19.6. The van der Waals surface area contributed by atoms with E-state index in [2.05, 4.69) is 5.32 Å². The highest BCUT2D eigenvalue weighted by Gasteiger charge is 2.43. The van der Waals surface area contributed by atoms with Crippen molar-refractivity contribution in [1.82, 2.24) is 10.2 Å². The third-order valence-corrected chi connectivity index (χ3v) is 4.18. The predicted octanol–water partition coefficient (Wildman–Crippen LogP) is 1.45. The Balaban J connectivity index is 1.99. The van der Waals surface area contributed by atoms with Gasteiger partial charge in [-0.25, -0.2) is 4.39 Å². The number of nitrogens with one attached hydrogen (secondary N) is 1. The molecule has 21 heavy (non-hydrogen) atoms. The van der Waals surface area contributed by atoms with Gasteiger partial charge in [0.25, 0.3) is 11.8 Å². The van der Waals surface area contributed by atoms with Crippen molar-refractivity contribution in [2.45, 2.75) is 18.5 Å². The van der Waals surface area contributed by atoms with Crippen molar-refractivity contribution in [2.75, 3.05) is 33.4 Å². The van der Waals surface area contributed by atoms with Gasteiger partial charge in [0, 0.05) is 25.6 Å². The first-order valence-corrected chi connectivity index (χ1v) is 7.79. The van der Waals surface area contributed by atoms with Crippen LogP contribution in [-0.2, 0) is 9.53 Å². The maximum absolute atomic E-state index is 14.8. The largest absolute Gasteiger partial charge is 0.383 e. The predicted molar refractivity (Wildman–Crippen MR) is 78.2 cm³/mol. The highest BCUT2D eigenvalue weighted by molar-refractivity contribution is 7.08. The lowest BCUT2D eigenvalue weighted by atomic mass is 9.93. The molecule has 1 aliphatic heterocycles. The Morgan fingerprint density at radius 1 is 1.57 bits per heavy atom. The number of likely N-dealkylation sites (tertiary alicyclic amines) is 1. The molecular formula is C14H19FN2O3S. The maximum Gasteiger partial charge on any atom is 0.259 e. The number of carbonyl (C=O) groups excluding carboxylic acids is 2. The minimum Gasteiger partial charge on any atom is -0.383 e. The average Bonchev–Trinajstić information content (AvgIpc) is 3.01. The molecule has 1 aliphatic rings. The summed E-state index contributed by atoms with van der Waals surface area (Å²) in [5.41, 5.74) is -1.47. The lowest BCUT2D eigenvalue weighted by molar-refractivity contribution is -0.136. The molecule has 1 aromatic rings. The van der Waals surface area contributed by atoms with Gasteiger partial charge in [-0.05, 0) is 24.3 Å². The van der Waals surface area contributed by atoms with E-state index in [0.29, 0.717) is 25.1 Å². The first-order chi connectivity index (χ1) is 10.1. The van der Waals surface area contributed by atoms with Crippen molar-refractivity contribution < 1.29 is 18.7 Å². The van der Waals surface area contributed by atoms with Crippen molar-refractivity contribution in [2.24, 2.45) is 0 Å². The zero-order chi connectivity index (χ0) is 15.3. The summed E-state index contributed by atoms with van der Waals surface area (Å²) in [5, 5.41) is 6.05. The fraction of sp³-hybridized carbons (Fsp3) is 0.571. The number of hydrogen-bond acceptors (Lipinski definition) is 4. The molecular weight excluding hydrogens is 295 g/mol. The molecule has 1 saturated heterocycles. The van der Waals surface area contributed by atoms with Crippen molar-refractivity contribution in [3.05, 3.63) is 22.4 Å². The summed E-state index contributed by atoms with van der Waals surface area (Å²) >= 11 is 1.42. The zero-order valence-corrected chi connectivity index (χ0v) is 12.7. The van der Waals surface area contributed by atoms with Crippen molar-refractivity contribution in [1.29, 1.82) is 0 Å². The average molecular weight is 314 g/mol. The third kappa shape index (κ3) is 3.79. The first-order valence-electron chi connectivity index (χ1n) is 6.84. The number of methoxy groups -OCH3 is 1. The Hall–Kier alpha value is -1.47. The molecule has 116 valence electrons. The molecule has 1 aromatic heterocycles. The van der Waals surface area contributed by atoms with Crippen LogP contribution >= 0.6 is 11.3 Å². The standard InChI is InChI=1S/C14H19FN2O3S/c1-20-7-5-16-13(19)14(15)4-2-6-17(10-14)12(18)11-3-8-21-9-11/h3,8-9H,2,4-7,10H2,1H3,(H,16,19). The summed E-state index contributed by atoms with van der Waals surface area (Å²) in [5.74, 6) is -0.884. The Kier molecular flexibility index (Phi) is 5.30. The van der Waals surface area contributed by atoms with E-state index in [1.807, 2.05) is 0 Å². The number of halogens is 1. The van der Waals surface area contributed by atoms with Crippen LogP contribution in [0.5, 0.6) is 0 Å². The fourth-order valence-electron chi connectivity index (χ4n) is 2.36. The monoisotopic (exact) mass is 314 g/mol. The Morgan fingerprint density at radius 2 is 2.38 bits per heavy atom. The molecule has 2 amide bonds. The van der Waals surface area contributed by atoms with E-state index in [1.165, 1.54) is 23.3 Å². The number of alkyl halides is 1. The molecule has 0 bridgehead atoms. The van der Waals surface area contributed by atoms with Gasteiger partial charge in [0.1, 0.15) is 0 Å². The number of ether oxygens (including phenoxy) is 1. The number of carbonyl (C=O) groups is 2. The maximum atomic E-state index is 14.8. The van der Waals surface area contributed by atoms with E-state index in [1.54, 1.807) is 16.8 Å². The van der Waals surface area contributed by atoms with Crippen LogP contribution in [0.25, 0.3) is 0 Å². The summed E-state index contributed by atoms with van der Waals surface area (Å²) in [6.07, 6.45) is 0.614. The molecule has 0 spiro atoms. The van der Waals surface area contributed by atoms with E-state index >= 15 is 0 Å². The Labute approximate surface area is 127 Å². The van der Waals surface area contributed by atoms with Gasteiger partial charge in [0.05, 0.1) is 18.7 Å². The van der Waals surface area contributed by atoms with Crippen LogP contribution in [0.2, 0.25) is 0 Å². The van der Waals surface area contributed by atoms with Gasteiger partial charge in [0.2, 0.25) is 5.67 Å². The van der Waals surface area contributed by atoms with Crippen LogP contribution in [0, 0.1) is 0 Å². The normalized spacial score (nSPS) is 22.1. The SMILES string of the molecule is COCCNC(=O)C1(F)CCCN(C(=O)c2ccsc2)C1. The molecule has 0 radical (unpaired) electrons. The van der Waals surface area contributed by atoms with Crippen LogP contribution in [-0.4, -0.2) is 55.7 Å². The molecule has 2 rings (SSSR count). The van der Waals surface area contributed by atoms with Crippen LogP contribution < -0.4 is 5.32 Å². The Bertz CT molecular complexity index is 494. The number of hydrogen-bond donors (Lipinski definition) is 1. The van der Waals surface area contributed by atoms with Crippen LogP contribution in [0.3, 0.4) is 0 Å². The second-order valence-corrected chi connectivity index (χ2v) is 5.84. The number of piperidine rings is 1. The highest BCUT2D eigenvalue weighted by atomic mass is 32.1. The molecule has 2 heterocycles.